The fourth-order valence-electron chi connectivity index (χ4n) is 0.955. The highest BCUT2D eigenvalue weighted by Gasteiger charge is 2.00. The Hall–Kier alpha value is -1.04. The predicted molar refractivity (Wildman–Crippen MR) is 56.1 cm³/mol. The molecule has 1 aromatic heterocycles. The number of carbonyl (C=O) groups excluding carboxylic acids is 1. The molecule has 0 fully saturated rings. The van der Waals surface area contributed by atoms with Crippen molar-refractivity contribution >= 4 is 17.7 Å². The standard InChI is InChI=1S/C8H14N4OS/c1-14-5-3-8(13)9-4-2-7-10-6-11-12-7/h6H,2-5H2,1H3,(H,9,13)(H,10,11,12). The largest absolute Gasteiger partial charge is 0.356 e. The van der Waals surface area contributed by atoms with E-state index in [0.29, 0.717) is 19.4 Å². The third-order valence-corrected chi connectivity index (χ3v) is 2.29. The molecule has 0 aliphatic rings. The van der Waals surface area contributed by atoms with Gasteiger partial charge >= 0.3 is 0 Å². The van der Waals surface area contributed by atoms with E-state index in [1.165, 1.54) is 6.33 Å². The Bertz CT molecular complexity index is 262. The number of aromatic amines is 1. The van der Waals surface area contributed by atoms with Crippen LogP contribution in [0.25, 0.3) is 0 Å². The minimum absolute atomic E-state index is 0.0962. The van der Waals surface area contributed by atoms with Crippen molar-refractivity contribution in [3.05, 3.63) is 12.2 Å². The molecule has 0 atom stereocenters. The van der Waals surface area contributed by atoms with Crippen molar-refractivity contribution in [1.82, 2.24) is 20.5 Å². The number of amides is 1. The van der Waals surface area contributed by atoms with Gasteiger partial charge in [0.05, 0.1) is 0 Å². The van der Waals surface area contributed by atoms with E-state index in [1.807, 2.05) is 6.26 Å². The molecule has 14 heavy (non-hydrogen) atoms. The molecule has 78 valence electrons. The first kappa shape index (κ1) is 11.0. The number of carbonyl (C=O) groups is 1. The van der Waals surface area contributed by atoms with E-state index in [0.717, 1.165) is 11.6 Å². The van der Waals surface area contributed by atoms with Gasteiger partial charge in [0.1, 0.15) is 12.2 Å². The Morgan fingerprint density at radius 2 is 2.57 bits per heavy atom. The number of hydrogen-bond acceptors (Lipinski definition) is 4. The molecule has 0 unspecified atom stereocenters. The van der Waals surface area contributed by atoms with Crippen LogP contribution in [0, 0.1) is 0 Å². The predicted octanol–water partition coefficient (Wildman–Crippen LogP) is 0.216. The number of nitrogens with zero attached hydrogens (tertiary/aromatic N) is 2. The quantitative estimate of drug-likeness (QED) is 0.710. The first-order valence-corrected chi connectivity index (χ1v) is 5.82. The summed E-state index contributed by atoms with van der Waals surface area (Å²) < 4.78 is 0. The van der Waals surface area contributed by atoms with Crippen LogP contribution in [-0.2, 0) is 11.2 Å². The van der Waals surface area contributed by atoms with E-state index in [9.17, 15) is 4.79 Å². The normalized spacial score (nSPS) is 10.1. The van der Waals surface area contributed by atoms with Crippen LogP contribution in [0.1, 0.15) is 12.2 Å². The monoisotopic (exact) mass is 214 g/mol. The lowest BCUT2D eigenvalue weighted by Crippen LogP contribution is -2.26. The van der Waals surface area contributed by atoms with Gasteiger partial charge in [0.2, 0.25) is 5.91 Å². The van der Waals surface area contributed by atoms with Crippen LogP contribution in [0.2, 0.25) is 0 Å². The number of nitrogens with one attached hydrogen (secondary N) is 2. The van der Waals surface area contributed by atoms with Gasteiger partial charge in [0, 0.05) is 25.1 Å². The van der Waals surface area contributed by atoms with Gasteiger partial charge < -0.3 is 5.32 Å². The Morgan fingerprint density at radius 1 is 1.71 bits per heavy atom. The molecule has 2 N–H and O–H groups in total. The van der Waals surface area contributed by atoms with Crippen molar-refractivity contribution in [2.24, 2.45) is 0 Å². The minimum Gasteiger partial charge on any atom is -0.356 e. The van der Waals surface area contributed by atoms with Gasteiger partial charge in [-0.2, -0.15) is 16.9 Å². The Balaban J connectivity index is 2.06. The van der Waals surface area contributed by atoms with Crippen molar-refractivity contribution in [1.29, 1.82) is 0 Å². The van der Waals surface area contributed by atoms with E-state index in [4.69, 9.17) is 0 Å². The maximum Gasteiger partial charge on any atom is 0.220 e. The zero-order valence-electron chi connectivity index (χ0n) is 8.12. The summed E-state index contributed by atoms with van der Waals surface area (Å²) in [7, 11) is 0. The summed E-state index contributed by atoms with van der Waals surface area (Å²) >= 11 is 1.67. The van der Waals surface area contributed by atoms with E-state index < -0.39 is 0 Å². The smallest absolute Gasteiger partial charge is 0.220 e. The van der Waals surface area contributed by atoms with Gasteiger partial charge in [-0.05, 0) is 6.26 Å². The molecule has 5 nitrogen and oxygen atoms in total. The average Bonchev–Trinajstić information content (AvgIpc) is 2.67. The highest BCUT2D eigenvalue weighted by Crippen LogP contribution is 1.94. The van der Waals surface area contributed by atoms with Crippen LogP contribution in [0.15, 0.2) is 6.33 Å². The van der Waals surface area contributed by atoms with Gasteiger partial charge in [0.15, 0.2) is 0 Å². The zero-order chi connectivity index (χ0) is 10.2. The number of H-pyrrole nitrogens is 1. The molecular formula is C8H14N4OS. The van der Waals surface area contributed by atoms with E-state index in [-0.39, 0.29) is 5.91 Å². The molecule has 0 radical (unpaired) electrons. The molecule has 0 aromatic carbocycles. The second kappa shape index (κ2) is 6.42. The maximum atomic E-state index is 11.2. The fraction of sp³-hybridized carbons (Fsp3) is 0.625. The molecule has 0 saturated carbocycles. The first-order valence-electron chi connectivity index (χ1n) is 4.43. The Labute approximate surface area is 87.1 Å². The summed E-state index contributed by atoms with van der Waals surface area (Å²) in [4.78, 5) is 15.1. The number of thioether (sulfide) groups is 1. The van der Waals surface area contributed by atoms with Gasteiger partial charge in [-0.3, -0.25) is 9.89 Å². The molecule has 1 aromatic rings. The van der Waals surface area contributed by atoms with Crippen LogP contribution in [0.4, 0.5) is 0 Å². The van der Waals surface area contributed by atoms with Crippen LogP contribution in [0.3, 0.4) is 0 Å². The zero-order valence-corrected chi connectivity index (χ0v) is 8.93. The maximum absolute atomic E-state index is 11.2. The molecule has 0 spiro atoms. The molecule has 1 amide bonds. The van der Waals surface area contributed by atoms with Crippen molar-refractivity contribution in [3.63, 3.8) is 0 Å². The lowest BCUT2D eigenvalue weighted by atomic mass is 10.4. The Kier molecular flexibility index (Phi) is 5.06. The highest BCUT2D eigenvalue weighted by molar-refractivity contribution is 7.98. The molecule has 6 heteroatoms. The summed E-state index contributed by atoms with van der Waals surface area (Å²) in [6, 6.07) is 0. The summed E-state index contributed by atoms with van der Waals surface area (Å²) in [5.74, 6) is 1.77. The minimum atomic E-state index is 0.0962. The van der Waals surface area contributed by atoms with Crippen LogP contribution in [-0.4, -0.2) is 39.6 Å². The summed E-state index contributed by atoms with van der Waals surface area (Å²) in [5.41, 5.74) is 0. The van der Waals surface area contributed by atoms with Crippen LogP contribution < -0.4 is 5.32 Å². The summed E-state index contributed by atoms with van der Waals surface area (Å²) in [5, 5.41) is 9.27. The van der Waals surface area contributed by atoms with E-state index >= 15 is 0 Å². The topological polar surface area (TPSA) is 70.7 Å². The van der Waals surface area contributed by atoms with Gasteiger partial charge in [0.25, 0.3) is 0 Å². The molecule has 1 heterocycles. The van der Waals surface area contributed by atoms with Gasteiger partial charge in [-0.25, -0.2) is 4.98 Å². The van der Waals surface area contributed by atoms with Crippen LogP contribution in [0.5, 0.6) is 0 Å². The number of aromatic nitrogens is 3. The molecule has 0 saturated heterocycles. The molecule has 0 aliphatic carbocycles. The van der Waals surface area contributed by atoms with Crippen molar-refractivity contribution < 1.29 is 4.79 Å². The third-order valence-electron chi connectivity index (χ3n) is 1.68. The molecular weight excluding hydrogens is 200 g/mol. The second-order valence-corrected chi connectivity index (χ2v) is 3.76. The van der Waals surface area contributed by atoms with E-state index in [2.05, 4.69) is 20.5 Å². The Morgan fingerprint density at radius 3 is 3.21 bits per heavy atom. The summed E-state index contributed by atoms with van der Waals surface area (Å²) in [6.45, 7) is 0.613. The van der Waals surface area contributed by atoms with Crippen molar-refractivity contribution in [2.75, 3.05) is 18.6 Å². The first-order chi connectivity index (χ1) is 6.83. The van der Waals surface area contributed by atoms with Crippen molar-refractivity contribution in [3.8, 4) is 0 Å². The second-order valence-electron chi connectivity index (χ2n) is 2.77. The van der Waals surface area contributed by atoms with E-state index in [1.54, 1.807) is 11.8 Å². The molecule has 0 aliphatic heterocycles. The van der Waals surface area contributed by atoms with Gasteiger partial charge in [-0.15, -0.1) is 0 Å². The highest BCUT2D eigenvalue weighted by atomic mass is 32.2. The summed E-state index contributed by atoms with van der Waals surface area (Å²) in [6.07, 6.45) is 4.73. The lowest BCUT2D eigenvalue weighted by molar-refractivity contribution is -0.120. The number of hydrogen-bond donors (Lipinski definition) is 2. The fourth-order valence-corrected chi connectivity index (χ4v) is 1.34. The van der Waals surface area contributed by atoms with Gasteiger partial charge in [-0.1, -0.05) is 0 Å². The molecule has 0 bridgehead atoms. The third kappa shape index (κ3) is 4.27. The number of rotatable bonds is 6. The lowest BCUT2D eigenvalue weighted by Gasteiger charge is -2.02. The SMILES string of the molecule is CSCCC(=O)NCCc1ncn[nH]1. The van der Waals surface area contributed by atoms with Crippen molar-refractivity contribution in [2.45, 2.75) is 12.8 Å². The average molecular weight is 214 g/mol. The van der Waals surface area contributed by atoms with Crippen LogP contribution >= 0.6 is 11.8 Å². The molecule has 1 rings (SSSR count).